The number of nitrogens with one attached hydrogen (secondary N) is 1. The van der Waals surface area contributed by atoms with Gasteiger partial charge in [0.25, 0.3) is 5.91 Å². The van der Waals surface area contributed by atoms with Crippen molar-refractivity contribution in [3.8, 4) is 16.9 Å². The van der Waals surface area contributed by atoms with Gasteiger partial charge in [0.15, 0.2) is 0 Å². The highest BCUT2D eigenvalue weighted by Gasteiger charge is 2.12. The number of carbonyl (C=O) groups excluding carboxylic acids is 1. The number of hydrogen-bond donors (Lipinski definition) is 1. The van der Waals surface area contributed by atoms with E-state index in [1.165, 1.54) is 5.56 Å². The molecule has 0 aliphatic heterocycles. The summed E-state index contributed by atoms with van der Waals surface area (Å²) < 4.78 is 1.93. The maximum absolute atomic E-state index is 12.8. The molecule has 2 aromatic heterocycles. The molecule has 0 radical (unpaired) electrons. The van der Waals surface area contributed by atoms with E-state index in [1.54, 1.807) is 6.20 Å². The van der Waals surface area contributed by atoms with Gasteiger partial charge in [0, 0.05) is 28.7 Å². The summed E-state index contributed by atoms with van der Waals surface area (Å²) in [6.07, 6.45) is 2.68. The molecule has 31 heavy (non-hydrogen) atoms. The van der Waals surface area contributed by atoms with Gasteiger partial charge in [-0.1, -0.05) is 19.1 Å². The third-order valence-electron chi connectivity index (χ3n) is 5.36. The van der Waals surface area contributed by atoms with Crippen molar-refractivity contribution >= 4 is 11.6 Å². The second-order valence-corrected chi connectivity index (χ2v) is 7.49. The summed E-state index contributed by atoms with van der Waals surface area (Å²) in [4.78, 5) is 21.4. The monoisotopic (exact) mass is 411 g/mol. The van der Waals surface area contributed by atoms with Gasteiger partial charge < -0.3 is 5.32 Å². The number of benzene rings is 2. The van der Waals surface area contributed by atoms with Crippen LogP contribution in [-0.4, -0.2) is 25.7 Å². The van der Waals surface area contributed by atoms with Gasteiger partial charge >= 0.3 is 0 Å². The number of aromatic nitrogens is 4. The van der Waals surface area contributed by atoms with E-state index in [0.29, 0.717) is 17.1 Å². The molecule has 0 bridgehead atoms. The van der Waals surface area contributed by atoms with E-state index < -0.39 is 0 Å². The Bertz CT molecular complexity index is 1240. The third-order valence-corrected chi connectivity index (χ3v) is 5.36. The molecule has 1 amide bonds. The fourth-order valence-electron chi connectivity index (χ4n) is 3.77. The van der Waals surface area contributed by atoms with Crippen molar-refractivity contribution in [2.24, 2.45) is 0 Å². The lowest BCUT2D eigenvalue weighted by Crippen LogP contribution is -2.12. The number of aryl methyl sites for hydroxylation is 2. The summed E-state index contributed by atoms with van der Waals surface area (Å²) in [5, 5.41) is 7.62. The lowest BCUT2D eigenvalue weighted by molar-refractivity contribution is 0.102. The Hall–Kier alpha value is -3.80. The molecule has 0 atom stereocenters. The van der Waals surface area contributed by atoms with Gasteiger partial charge in [-0.15, -0.1) is 0 Å². The van der Waals surface area contributed by atoms with Crippen LogP contribution in [0.25, 0.3) is 16.9 Å². The zero-order valence-electron chi connectivity index (χ0n) is 18.2. The Labute approximate surface area is 182 Å². The van der Waals surface area contributed by atoms with Crippen molar-refractivity contribution in [3.63, 3.8) is 0 Å². The predicted octanol–water partition coefficient (Wildman–Crippen LogP) is 5.07. The predicted molar refractivity (Wildman–Crippen MR) is 123 cm³/mol. The van der Waals surface area contributed by atoms with Gasteiger partial charge in [-0.3, -0.25) is 4.79 Å². The highest BCUT2D eigenvalue weighted by atomic mass is 16.1. The van der Waals surface area contributed by atoms with Crippen LogP contribution in [-0.2, 0) is 6.42 Å². The quantitative estimate of drug-likeness (QED) is 0.498. The second-order valence-electron chi connectivity index (χ2n) is 7.49. The molecule has 0 fully saturated rings. The summed E-state index contributed by atoms with van der Waals surface area (Å²) in [5.41, 5.74) is 7.44. The van der Waals surface area contributed by atoms with Crippen molar-refractivity contribution in [1.82, 2.24) is 19.7 Å². The summed E-state index contributed by atoms with van der Waals surface area (Å²) in [7, 11) is 0. The molecule has 0 spiro atoms. The number of rotatable bonds is 5. The Morgan fingerprint density at radius 1 is 1.03 bits per heavy atom. The first-order valence-electron chi connectivity index (χ1n) is 10.3. The molecule has 0 unspecified atom stereocenters. The van der Waals surface area contributed by atoms with Gasteiger partial charge in [-0.25, -0.2) is 14.6 Å². The Morgan fingerprint density at radius 3 is 2.48 bits per heavy atom. The van der Waals surface area contributed by atoms with Crippen LogP contribution in [0.1, 0.15) is 40.1 Å². The van der Waals surface area contributed by atoms with Crippen molar-refractivity contribution in [2.75, 3.05) is 5.32 Å². The highest BCUT2D eigenvalue weighted by Crippen LogP contribution is 2.22. The molecule has 0 aliphatic carbocycles. The summed E-state index contributed by atoms with van der Waals surface area (Å²) in [6.45, 7) is 8.09. The summed E-state index contributed by atoms with van der Waals surface area (Å²) in [5.74, 6) is 0.547. The first kappa shape index (κ1) is 20.5. The van der Waals surface area contributed by atoms with Crippen molar-refractivity contribution in [1.29, 1.82) is 0 Å². The van der Waals surface area contributed by atoms with E-state index in [9.17, 15) is 4.79 Å². The molecular formula is C25H25N5O. The second kappa shape index (κ2) is 8.52. The van der Waals surface area contributed by atoms with Crippen molar-refractivity contribution < 1.29 is 4.79 Å². The third kappa shape index (κ3) is 4.23. The van der Waals surface area contributed by atoms with Gasteiger partial charge in [0.2, 0.25) is 0 Å². The van der Waals surface area contributed by atoms with Crippen LogP contribution in [0.5, 0.6) is 0 Å². The average Bonchev–Trinajstić information content (AvgIpc) is 3.07. The van der Waals surface area contributed by atoms with Crippen molar-refractivity contribution in [3.05, 3.63) is 89.1 Å². The van der Waals surface area contributed by atoms with Crippen LogP contribution >= 0.6 is 0 Å². The average molecular weight is 412 g/mol. The molecule has 2 heterocycles. The van der Waals surface area contributed by atoms with E-state index in [4.69, 9.17) is 0 Å². The van der Waals surface area contributed by atoms with Gasteiger partial charge in [0.05, 0.1) is 17.1 Å². The highest BCUT2D eigenvalue weighted by molar-refractivity contribution is 6.04. The van der Waals surface area contributed by atoms with E-state index in [1.807, 2.05) is 73.1 Å². The van der Waals surface area contributed by atoms with E-state index in [2.05, 4.69) is 34.2 Å². The SMILES string of the molecule is CCc1c(C)nn(-c2ccc(C(=O)Nc3cccc(-c4ccnc(C)n4)c3)cc2)c1C. The molecule has 156 valence electrons. The van der Waals surface area contributed by atoms with Gasteiger partial charge in [0.1, 0.15) is 5.82 Å². The minimum atomic E-state index is -0.162. The van der Waals surface area contributed by atoms with Crippen LogP contribution < -0.4 is 5.32 Å². The summed E-state index contributed by atoms with van der Waals surface area (Å²) in [6, 6.07) is 17.0. The number of nitrogens with zero attached hydrogens (tertiary/aromatic N) is 4. The molecule has 4 aromatic rings. The molecule has 4 rings (SSSR count). The van der Waals surface area contributed by atoms with Crippen LogP contribution in [0.3, 0.4) is 0 Å². The van der Waals surface area contributed by atoms with E-state index in [-0.39, 0.29) is 5.91 Å². The molecule has 0 saturated heterocycles. The Morgan fingerprint density at radius 2 is 1.81 bits per heavy atom. The maximum Gasteiger partial charge on any atom is 0.255 e. The molecular weight excluding hydrogens is 386 g/mol. The molecule has 0 saturated carbocycles. The molecule has 6 heteroatoms. The van der Waals surface area contributed by atoms with Crippen LogP contribution in [0.4, 0.5) is 5.69 Å². The zero-order chi connectivity index (χ0) is 22.0. The number of amides is 1. The minimum Gasteiger partial charge on any atom is -0.322 e. The lowest BCUT2D eigenvalue weighted by Gasteiger charge is -2.09. The fourth-order valence-corrected chi connectivity index (χ4v) is 3.77. The molecule has 6 nitrogen and oxygen atoms in total. The first-order chi connectivity index (χ1) is 15.0. The van der Waals surface area contributed by atoms with E-state index in [0.717, 1.165) is 34.8 Å². The number of anilines is 1. The number of carbonyl (C=O) groups is 1. The smallest absolute Gasteiger partial charge is 0.255 e. The molecule has 1 N–H and O–H groups in total. The van der Waals surface area contributed by atoms with E-state index >= 15 is 0 Å². The fraction of sp³-hybridized carbons (Fsp3) is 0.200. The largest absolute Gasteiger partial charge is 0.322 e. The minimum absolute atomic E-state index is 0.162. The zero-order valence-corrected chi connectivity index (χ0v) is 18.2. The first-order valence-corrected chi connectivity index (χ1v) is 10.3. The molecule has 2 aromatic carbocycles. The number of hydrogen-bond acceptors (Lipinski definition) is 4. The maximum atomic E-state index is 12.8. The Kier molecular flexibility index (Phi) is 5.62. The lowest BCUT2D eigenvalue weighted by atomic mass is 10.1. The van der Waals surface area contributed by atoms with Crippen LogP contribution in [0.2, 0.25) is 0 Å². The standard InChI is InChI=1S/C25H25N5O/c1-5-23-16(2)29-30(17(23)3)22-11-9-19(10-12-22)25(31)28-21-8-6-7-20(15-21)24-13-14-26-18(4)27-24/h6-15H,5H2,1-4H3,(H,28,31). The van der Waals surface area contributed by atoms with Crippen LogP contribution in [0.15, 0.2) is 60.8 Å². The Balaban J connectivity index is 1.53. The summed E-state index contributed by atoms with van der Waals surface area (Å²) >= 11 is 0. The van der Waals surface area contributed by atoms with Gasteiger partial charge in [-0.05, 0) is 75.2 Å². The topological polar surface area (TPSA) is 72.7 Å². The van der Waals surface area contributed by atoms with Crippen LogP contribution in [0, 0.1) is 20.8 Å². The van der Waals surface area contributed by atoms with Gasteiger partial charge in [-0.2, -0.15) is 5.10 Å². The molecule has 0 aliphatic rings. The van der Waals surface area contributed by atoms with Crippen molar-refractivity contribution in [2.45, 2.75) is 34.1 Å². The normalized spacial score (nSPS) is 10.8.